The fraction of sp³-hybridized carbons (Fsp3) is 0.611. The lowest BCUT2D eigenvalue weighted by molar-refractivity contribution is -0.139. The summed E-state index contributed by atoms with van der Waals surface area (Å²) in [7, 11) is 0. The second kappa shape index (κ2) is 6.73. The van der Waals surface area contributed by atoms with Gasteiger partial charge in [-0.3, -0.25) is 10.1 Å². The number of benzene rings is 1. The number of carbonyl (C=O) groups is 1. The van der Waals surface area contributed by atoms with Crippen LogP contribution in [0.4, 0.5) is 0 Å². The van der Waals surface area contributed by atoms with E-state index in [2.05, 4.69) is 43.4 Å². The molecule has 1 aliphatic heterocycles. The summed E-state index contributed by atoms with van der Waals surface area (Å²) in [6.45, 7) is 4.38. The van der Waals surface area contributed by atoms with Crippen LogP contribution in [0.25, 0.3) is 0 Å². The third kappa shape index (κ3) is 3.83. The molecule has 23 heavy (non-hydrogen) atoms. The highest BCUT2D eigenvalue weighted by molar-refractivity contribution is 8.00. The first-order valence-electron chi connectivity index (χ1n) is 8.38. The summed E-state index contributed by atoms with van der Waals surface area (Å²) in [6, 6.07) is 7.98. The van der Waals surface area contributed by atoms with E-state index >= 15 is 0 Å². The van der Waals surface area contributed by atoms with Crippen molar-refractivity contribution in [2.75, 3.05) is 5.75 Å². The maximum absolute atomic E-state index is 11.1. The highest BCUT2D eigenvalue weighted by Gasteiger charge is 2.44. The minimum absolute atomic E-state index is 0.0512. The molecule has 4 nitrogen and oxygen atoms in total. The van der Waals surface area contributed by atoms with Crippen LogP contribution in [-0.2, 0) is 4.79 Å². The average molecular weight is 335 g/mol. The molecule has 126 valence electrons. The first kappa shape index (κ1) is 16.7. The summed E-state index contributed by atoms with van der Waals surface area (Å²) in [4.78, 5) is 11.1. The van der Waals surface area contributed by atoms with Gasteiger partial charge in [0, 0.05) is 5.75 Å². The van der Waals surface area contributed by atoms with Crippen LogP contribution in [0, 0.1) is 0 Å². The van der Waals surface area contributed by atoms with E-state index in [9.17, 15) is 4.79 Å². The summed E-state index contributed by atoms with van der Waals surface area (Å²) >= 11 is 1.77. The van der Waals surface area contributed by atoms with Crippen molar-refractivity contribution < 1.29 is 14.6 Å². The predicted octanol–water partition coefficient (Wildman–Crippen LogP) is 3.62. The first-order chi connectivity index (χ1) is 11.0. The number of hydrogen-bond acceptors (Lipinski definition) is 4. The van der Waals surface area contributed by atoms with Crippen molar-refractivity contribution in [2.24, 2.45) is 0 Å². The van der Waals surface area contributed by atoms with Crippen molar-refractivity contribution in [2.45, 2.75) is 62.5 Å². The standard InChI is InChI=1S/C18H25NO3S/c1-12(2)13-3-5-14(6-4-13)22-15-7-9-18(10-8-15)19-16(11-23-18)17(20)21/h3-6,12,15-16,19H,7-11H2,1-2H3,(H,20,21). The molecule has 1 unspecified atom stereocenters. The Morgan fingerprint density at radius 1 is 1.30 bits per heavy atom. The fourth-order valence-corrected chi connectivity index (χ4v) is 4.83. The molecule has 1 spiro atoms. The summed E-state index contributed by atoms with van der Waals surface area (Å²) < 4.78 is 6.11. The van der Waals surface area contributed by atoms with Crippen molar-refractivity contribution in [3.05, 3.63) is 29.8 Å². The predicted molar refractivity (Wildman–Crippen MR) is 93.2 cm³/mol. The monoisotopic (exact) mass is 335 g/mol. The van der Waals surface area contributed by atoms with Crippen molar-refractivity contribution >= 4 is 17.7 Å². The van der Waals surface area contributed by atoms with Gasteiger partial charge in [-0.2, -0.15) is 0 Å². The number of nitrogens with one attached hydrogen (secondary N) is 1. The topological polar surface area (TPSA) is 58.6 Å². The Bertz CT molecular complexity index is 550. The van der Waals surface area contributed by atoms with E-state index in [1.54, 1.807) is 11.8 Å². The molecule has 0 radical (unpaired) electrons. The maximum Gasteiger partial charge on any atom is 0.321 e. The Kier molecular flexibility index (Phi) is 4.87. The molecule has 1 atom stereocenters. The van der Waals surface area contributed by atoms with Crippen LogP contribution in [-0.4, -0.2) is 33.8 Å². The van der Waals surface area contributed by atoms with E-state index in [1.165, 1.54) is 5.56 Å². The zero-order valence-corrected chi connectivity index (χ0v) is 14.6. The lowest BCUT2D eigenvalue weighted by atomic mass is 9.91. The molecule has 0 bridgehead atoms. The van der Waals surface area contributed by atoms with E-state index in [-0.39, 0.29) is 11.0 Å². The van der Waals surface area contributed by atoms with Gasteiger partial charge in [-0.05, 0) is 49.3 Å². The molecule has 0 aromatic heterocycles. The molecule has 0 amide bonds. The van der Waals surface area contributed by atoms with Gasteiger partial charge in [0.25, 0.3) is 0 Å². The molecule has 5 heteroatoms. The molecule has 3 rings (SSSR count). The lowest BCUT2D eigenvalue weighted by Crippen LogP contribution is -2.48. The van der Waals surface area contributed by atoms with Gasteiger partial charge in [-0.25, -0.2) is 0 Å². The smallest absolute Gasteiger partial charge is 0.321 e. The van der Waals surface area contributed by atoms with E-state index < -0.39 is 12.0 Å². The van der Waals surface area contributed by atoms with Crippen LogP contribution in [0.3, 0.4) is 0 Å². The Balaban J connectivity index is 1.52. The largest absolute Gasteiger partial charge is 0.490 e. The van der Waals surface area contributed by atoms with Crippen molar-refractivity contribution in [3.63, 3.8) is 0 Å². The van der Waals surface area contributed by atoms with Gasteiger partial charge in [0.1, 0.15) is 11.8 Å². The van der Waals surface area contributed by atoms with E-state index in [1.807, 2.05) is 0 Å². The fourth-order valence-electron chi connectivity index (χ4n) is 3.36. The van der Waals surface area contributed by atoms with Gasteiger partial charge in [-0.15, -0.1) is 11.8 Å². The van der Waals surface area contributed by atoms with Crippen LogP contribution in [0.5, 0.6) is 5.75 Å². The normalized spacial score (nSPS) is 30.7. The number of carboxylic acids is 1. The van der Waals surface area contributed by atoms with E-state index in [0.717, 1.165) is 31.4 Å². The average Bonchev–Trinajstić information content (AvgIpc) is 2.95. The van der Waals surface area contributed by atoms with Crippen molar-refractivity contribution in [1.82, 2.24) is 5.32 Å². The number of hydrogen-bond donors (Lipinski definition) is 2. The Morgan fingerprint density at radius 2 is 1.96 bits per heavy atom. The molecular formula is C18H25NO3S. The quantitative estimate of drug-likeness (QED) is 0.880. The molecule has 1 aliphatic carbocycles. The molecule has 2 fully saturated rings. The summed E-state index contributed by atoms with van der Waals surface area (Å²) in [6.07, 6.45) is 4.11. The highest BCUT2D eigenvalue weighted by Crippen LogP contribution is 2.43. The van der Waals surface area contributed by atoms with Gasteiger partial charge >= 0.3 is 5.97 Å². The number of thioether (sulfide) groups is 1. The van der Waals surface area contributed by atoms with Gasteiger partial charge in [0.2, 0.25) is 0 Å². The zero-order valence-electron chi connectivity index (χ0n) is 13.7. The lowest BCUT2D eigenvalue weighted by Gasteiger charge is -2.37. The summed E-state index contributed by atoms with van der Waals surface area (Å²) in [5.74, 6) is 1.40. The van der Waals surface area contributed by atoms with Crippen LogP contribution >= 0.6 is 11.8 Å². The third-order valence-corrected chi connectivity index (χ3v) is 6.43. The molecule has 1 heterocycles. The van der Waals surface area contributed by atoms with Crippen LogP contribution in [0.2, 0.25) is 0 Å². The van der Waals surface area contributed by atoms with Crippen LogP contribution < -0.4 is 10.1 Å². The Labute approximate surface area is 142 Å². The number of carboxylic acid groups (broad SMARTS) is 1. The second-order valence-corrected chi connectivity index (χ2v) is 8.28. The van der Waals surface area contributed by atoms with Gasteiger partial charge in [-0.1, -0.05) is 26.0 Å². The van der Waals surface area contributed by atoms with Crippen LogP contribution in [0.15, 0.2) is 24.3 Å². The number of ether oxygens (including phenoxy) is 1. The summed E-state index contributed by atoms with van der Waals surface area (Å²) in [5.41, 5.74) is 1.33. The number of aliphatic carboxylic acids is 1. The maximum atomic E-state index is 11.1. The molecule has 1 saturated heterocycles. The molecular weight excluding hydrogens is 310 g/mol. The Hall–Kier alpha value is -1.20. The van der Waals surface area contributed by atoms with E-state index in [0.29, 0.717) is 11.7 Å². The molecule has 1 saturated carbocycles. The molecule has 2 aliphatic rings. The SMILES string of the molecule is CC(C)c1ccc(OC2CCC3(CC2)NC(C(=O)O)CS3)cc1. The first-order valence-corrected chi connectivity index (χ1v) is 9.37. The minimum atomic E-state index is -0.738. The van der Waals surface area contributed by atoms with Crippen LogP contribution in [0.1, 0.15) is 51.0 Å². The van der Waals surface area contributed by atoms with Gasteiger partial charge < -0.3 is 9.84 Å². The van der Waals surface area contributed by atoms with Crippen molar-refractivity contribution in [3.8, 4) is 5.75 Å². The van der Waals surface area contributed by atoms with E-state index in [4.69, 9.17) is 9.84 Å². The molecule has 1 aromatic rings. The zero-order chi connectivity index (χ0) is 16.4. The van der Waals surface area contributed by atoms with Crippen molar-refractivity contribution in [1.29, 1.82) is 0 Å². The highest BCUT2D eigenvalue weighted by atomic mass is 32.2. The number of rotatable bonds is 4. The third-order valence-electron chi connectivity index (χ3n) is 4.85. The second-order valence-electron chi connectivity index (χ2n) is 6.88. The van der Waals surface area contributed by atoms with Gasteiger partial charge in [0.15, 0.2) is 0 Å². The molecule has 1 aromatic carbocycles. The molecule has 2 N–H and O–H groups in total. The summed E-state index contributed by atoms with van der Waals surface area (Å²) in [5, 5.41) is 12.5. The minimum Gasteiger partial charge on any atom is -0.490 e. The van der Waals surface area contributed by atoms with Gasteiger partial charge in [0.05, 0.1) is 11.0 Å². The Morgan fingerprint density at radius 3 is 2.48 bits per heavy atom.